The quantitative estimate of drug-likeness (QED) is 0.414. The molecule has 3 rings (SSSR count). The van der Waals surface area contributed by atoms with E-state index in [1.165, 1.54) is 0 Å². The first-order valence-electron chi connectivity index (χ1n) is 9.45. The van der Waals surface area contributed by atoms with E-state index in [2.05, 4.69) is 44.7 Å². The predicted molar refractivity (Wildman–Crippen MR) is 117 cm³/mol. The Morgan fingerprint density at radius 2 is 1.93 bits per heavy atom. The first kappa shape index (κ1) is 20.2. The van der Waals surface area contributed by atoms with E-state index in [0.717, 1.165) is 29.8 Å². The van der Waals surface area contributed by atoms with Gasteiger partial charge in [-0.15, -0.1) is 0 Å². The third kappa shape index (κ3) is 3.84. The molecule has 1 aliphatic heterocycles. The molecule has 144 valence electrons. The van der Waals surface area contributed by atoms with Crippen molar-refractivity contribution < 1.29 is 4.39 Å². The van der Waals surface area contributed by atoms with E-state index in [1.807, 2.05) is 6.07 Å². The lowest BCUT2D eigenvalue weighted by molar-refractivity contribution is 0.546. The first-order chi connectivity index (χ1) is 13.3. The second-order valence-corrected chi connectivity index (χ2v) is 8.14. The molecule has 0 atom stereocenters. The summed E-state index contributed by atoms with van der Waals surface area (Å²) >= 11 is 5.93. The molecular formula is C24H24ClFN2. The molecule has 0 aliphatic carbocycles. The summed E-state index contributed by atoms with van der Waals surface area (Å²) in [7, 11) is 0. The summed E-state index contributed by atoms with van der Waals surface area (Å²) in [5.41, 5.74) is 4.39. The molecule has 2 aromatic carbocycles. The second kappa shape index (κ2) is 7.81. The van der Waals surface area contributed by atoms with Gasteiger partial charge in [-0.1, -0.05) is 36.7 Å². The van der Waals surface area contributed by atoms with Gasteiger partial charge in [0.15, 0.2) is 0 Å². The summed E-state index contributed by atoms with van der Waals surface area (Å²) in [6.45, 7) is 9.33. The second-order valence-electron chi connectivity index (χ2n) is 7.70. The third-order valence-corrected chi connectivity index (χ3v) is 5.37. The van der Waals surface area contributed by atoms with Crippen molar-refractivity contribution in [1.82, 2.24) is 0 Å². The lowest BCUT2D eigenvalue weighted by atomic mass is 9.87. The lowest BCUT2D eigenvalue weighted by Gasteiger charge is -2.43. The smallest absolute Gasteiger partial charge is 0.132 e. The van der Waals surface area contributed by atoms with Crippen molar-refractivity contribution in [2.24, 2.45) is 0 Å². The van der Waals surface area contributed by atoms with Crippen molar-refractivity contribution in [2.75, 3.05) is 11.4 Å². The minimum atomic E-state index is -0.327. The monoisotopic (exact) mass is 394 g/mol. The number of hydrogen-bond donors (Lipinski definition) is 0. The van der Waals surface area contributed by atoms with Crippen LogP contribution in [0.5, 0.6) is 0 Å². The molecule has 28 heavy (non-hydrogen) atoms. The largest absolute Gasteiger partial charge is 0.362 e. The zero-order chi connectivity index (χ0) is 20.5. The maximum atomic E-state index is 15.0. The first-order valence-corrected chi connectivity index (χ1v) is 9.83. The minimum Gasteiger partial charge on any atom is -0.362 e. The van der Waals surface area contributed by atoms with E-state index in [0.29, 0.717) is 21.7 Å². The van der Waals surface area contributed by atoms with Gasteiger partial charge in [-0.05, 0) is 68.7 Å². The number of allylic oxidation sites excluding steroid dienone is 2. The molecule has 0 fully saturated rings. The van der Waals surface area contributed by atoms with Crippen LogP contribution in [0.1, 0.15) is 50.8 Å². The fraction of sp³-hybridized carbons (Fsp3) is 0.292. The zero-order valence-electron chi connectivity index (χ0n) is 16.7. The Balaban J connectivity index is 2.12. The van der Waals surface area contributed by atoms with Crippen LogP contribution in [0.15, 0.2) is 42.5 Å². The Bertz CT molecular complexity index is 995. The molecule has 1 aliphatic rings. The van der Waals surface area contributed by atoms with Crippen LogP contribution < -0.4 is 4.90 Å². The van der Waals surface area contributed by atoms with Crippen molar-refractivity contribution in [3.05, 3.63) is 70.0 Å². The van der Waals surface area contributed by atoms with E-state index < -0.39 is 0 Å². The van der Waals surface area contributed by atoms with Crippen LogP contribution in [-0.2, 0) is 0 Å². The van der Waals surface area contributed by atoms with Gasteiger partial charge in [0.05, 0.1) is 17.2 Å². The molecule has 2 aromatic rings. The van der Waals surface area contributed by atoms with Crippen molar-refractivity contribution in [3.63, 3.8) is 0 Å². The number of halogens is 2. The van der Waals surface area contributed by atoms with Crippen LogP contribution in [-0.4, -0.2) is 12.1 Å². The van der Waals surface area contributed by atoms with Crippen LogP contribution in [0, 0.1) is 17.1 Å². The minimum absolute atomic E-state index is 0.169. The van der Waals surface area contributed by atoms with Crippen LogP contribution in [0.2, 0.25) is 5.02 Å². The summed E-state index contributed by atoms with van der Waals surface area (Å²) in [6.07, 6.45) is 4.81. The Hall–Kier alpha value is -2.57. The third-order valence-electron chi connectivity index (χ3n) is 5.12. The summed E-state index contributed by atoms with van der Waals surface area (Å²) in [5.74, 6) is -0.327. The highest BCUT2D eigenvalue weighted by atomic mass is 35.5. The molecular weight excluding hydrogens is 371 g/mol. The average Bonchev–Trinajstić information content (AvgIpc) is 2.64. The predicted octanol–water partition coefficient (Wildman–Crippen LogP) is 6.96. The van der Waals surface area contributed by atoms with Crippen molar-refractivity contribution >= 4 is 34.5 Å². The average molecular weight is 395 g/mol. The molecule has 2 nitrogen and oxygen atoms in total. The molecule has 0 radical (unpaired) electrons. The summed E-state index contributed by atoms with van der Waals surface area (Å²) in [5, 5.41) is 10.2. The SMILES string of the molecule is CCCN1c2cc(F)c(/C=C(\C#N)c3ccc(Cl)cc3)cc2C(C)=CC1(C)C. The number of rotatable bonds is 4. The number of nitriles is 1. The van der Waals surface area contributed by atoms with Crippen LogP contribution in [0.3, 0.4) is 0 Å². The number of hydrogen-bond acceptors (Lipinski definition) is 2. The van der Waals surface area contributed by atoms with Crippen LogP contribution in [0.4, 0.5) is 10.1 Å². The van der Waals surface area contributed by atoms with Gasteiger partial charge in [0, 0.05) is 28.4 Å². The highest BCUT2D eigenvalue weighted by molar-refractivity contribution is 6.30. The van der Waals surface area contributed by atoms with Gasteiger partial charge in [-0.2, -0.15) is 5.26 Å². The Kier molecular flexibility index (Phi) is 5.63. The number of benzene rings is 2. The Morgan fingerprint density at radius 1 is 1.25 bits per heavy atom. The maximum Gasteiger partial charge on any atom is 0.132 e. The molecule has 1 heterocycles. The van der Waals surface area contributed by atoms with Crippen LogP contribution in [0.25, 0.3) is 17.2 Å². The zero-order valence-corrected chi connectivity index (χ0v) is 17.4. The van der Waals surface area contributed by atoms with Crippen molar-refractivity contribution in [2.45, 2.75) is 39.7 Å². The van der Waals surface area contributed by atoms with Gasteiger partial charge in [-0.3, -0.25) is 0 Å². The highest BCUT2D eigenvalue weighted by Crippen LogP contribution is 2.40. The van der Waals surface area contributed by atoms with E-state index in [-0.39, 0.29) is 11.4 Å². The fourth-order valence-corrected chi connectivity index (χ4v) is 3.95. The number of anilines is 1. The molecule has 0 spiro atoms. The topological polar surface area (TPSA) is 27.0 Å². The molecule has 0 unspecified atom stereocenters. The van der Waals surface area contributed by atoms with E-state index in [4.69, 9.17) is 11.6 Å². The fourth-order valence-electron chi connectivity index (χ4n) is 3.82. The molecule has 0 saturated carbocycles. The van der Waals surface area contributed by atoms with E-state index in [1.54, 1.807) is 36.4 Å². The molecule has 0 amide bonds. The lowest BCUT2D eigenvalue weighted by Crippen LogP contribution is -2.45. The Labute approximate surface area is 171 Å². The molecule has 0 bridgehead atoms. The van der Waals surface area contributed by atoms with Gasteiger partial charge >= 0.3 is 0 Å². The van der Waals surface area contributed by atoms with Gasteiger partial charge in [0.25, 0.3) is 0 Å². The van der Waals surface area contributed by atoms with E-state index >= 15 is 4.39 Å². The van der Waals surface area contributed by atoms with Gasteiger partial charge < -0.3 is 4.90 Å². The molecule has 0 N–H and O–H groups in total. The van der Waals surface area contributed by atoms with Crippen molar-refractivity contribution in [1.29, 1.82) is 5.26 Å². The summed E-state index contributed by atoms with van der Waals surface area (Å²) in [4.78, 5) is 2.25. The van der Waals surface area contributed by atoms with Crippen molar-refractivity contribution in [3.8, 4) is 6.07 Å². The van der Waals surface area contributed by atoms with Gasteiger partial charge in [0.2, 0.25) is 0 Å². The molecule has 0 aromatic heterocycles. The van der Waals surface area contributed by atoms with Gasteiger partial charge in [-0.25, -0.2) is 4.39 Å². The highest BCUT2D eigenvalue weighted by Gasteiger charge is 2.31. The Morgan fingerprint density at radius 3 is 2.54 bits per heavy atom. The van der Waals surface area contributed by atoms with Gasteiger partial charge in [0.1, 0.15) is 5.82 Å². The normalized spacial score (nSPS) is 15.7. The summed E-state index contributed by atoms with van der Waals surface area (Å²) in [6, 6.07) is 12.6. The molecule has 0 saturated heterocycles. The summed E-state index contributed by atoms with van der Waals surface area (Å²) < 4.78 is 15.0. The number of fused-ring (bicyclic) bond motifs is 1. The maximum absolute atomic E-state index is 15.0. The standard InChI is InChI=1S/C24H24ClFN2/c1-5-10-28-23-13-22(26)18(12-21(23)16(2)14-24(28,3)4)11-19(15-27)17-6-8-20(25)9-7-17/h6-9,11-14H,5,10H2,1-4H3/b19-11+. The number of nitrogens with zero attached hydrogens (tertiary/aromatic N) is 2. The molecule has 4 heteroatoms. The van der Waals surface area contributed by atoms with Crippen LogP contribution >= 0.6 is 11.6 Å². The van der Waals surface area contributed by atoms with E-state index in [9.17, 15) is 5.26 Å².